The van der Waals surface area contributed by atoms with Gasteiger partial charge in [0.1, 0.15) is 11.5 Å². The van der Waals surface area contributed by atoms with Crippen LogP contribution in [0.25, 0.3) is 11.1 Å². The number of benzene rings is 2. The maximum Gasteiger partial charge on any atom is 0.137 e. The third-order valence-electron chi connectivity index (χ3n) is 2.99. The second-order valence-electron chi connectivity index (χ2n) is 4.08. The Morgan fingerprint density at radius 3 is 2.05 bits per heavy atom. The maximum absolute atomic E-state index is 6.14. The van der Waals surface area contributed by atoms with Crippen molar-refractivity contribution in [3.05, 3.63) is 47.0 Å². The first-order chi connectivity index (χ1) is 9.19. The average molecular weight is 278 g/mol. The van der Waals surface area contributed by atoms with Crippen LogP contribution in [0.4, 0.5) is 0 Å². The highest BCUT2D eigenvalue weighted by Gasteiger charge is 2.07. The van der Waals surface area contributed by atoms with Crippen molar-refractivity contribution in [2.24, 2.45) is 5.73 Å². The molecule has 0 heterocycles. The van der Waals surface area contributed by atoms with Crippen LogP contribution >= 0.6 is 11.6 Å². The van der Waals surface area contributed by atoms with E-state index >= 15 is 0 Å². The van der Waals surface area contributed by atoms with Gasteiger partial charge in [-0.1, -0.05) is 23.7 Å². The Bertz CT molecular complexity index is 584. The van der Waals surface area contributed by atoms with Crippen LogP contribution in [0.15, 0.2) is 36.4 Å². The average Bonchev–Trinajstić information content (AvgIpc) is 2.46. The van der Waals surface area contributed by atoms with Crippen LogP contribution in [0, 0.1) is 0 Å². The highest BCUT2D eigenvalue weighted by molar-refractivity contribution is 6.32. The molecular formula is C15H16ClNO2. The minimum Gasteiger partial charge on any atom is -0.496 e. The zero-order chi connectivity index (χ0) is 13.8. The largest absolute Gasteiger partial charge is 0.496 e. The summed E-state index contributed by atoms with van der Waals surface area (Å²) in [6.07, 6.45) is 0. The van der Waals surface area contributed by atoms with Gasteiger partial charge in [-0.05, 0) is 35.4 Å². The first kappa shape index (κ1) is 13.7. The van der Waals surface area contributed by atoms with Crippen LogP contribution in [-0.4, -0.2) is 14.2 Å². The van der Waals surface area contributed by atoms with Gasteiger partial charge in [0.25, 0.3) is 0 Å². The molecule has 0 saturated heterocycles. The monoisotopic (exact) mass is 277 g/mol. The Labute approximate surface area is 117 Å². The molecule has 100 valence electrons. The summed E-state index contributed by atoms with van der Waals surface area (Å²) in [5.41, 5.74) is 8.75. The SMILES string of the molecule is COc1ccc(-c2ccc(OC)c(CN)c2)cc1Cl. The first-order valence-electron chi connectivity index (χ1n) is 5.90. The number of hydrogen-bond acceptors (Lipinski definition) is 3. The summed E-state index contributed by atoms with van der Waals surface area (Å²) in [5.74, 6) is 1.46. The van der Waals surface area contributed by atoms with Gasteiger partial charge < -0.3 is 15.2 Å². The smallest absolute Gasteiger partial charge is 0.137 e. The molecule has 0 saturated carbocycles. The molecule has 2 N–H and O–H groups in total. The van der Waals surface area contributed by atoms with Gasteiger partial charge in [0.05, 0.1) is 19.2 Å². The molecule has 0 fully saturated rings. The van der Waals surface area contributed by atoms with E-state index in [2.05, 4.69) is 0 Å². The summed E-state index contributed by atoms with van der Waals surface area (Å²) in [6, 6.07) is 11.6. The van der Waals surface area contributed by atoms with Gasteiger partial charge >= 0.3 is 0 Å². The number of hydrogen-bond donors (Lipinski definition) is 1. The molecule has 0 unspecified atom stereocenters. The minimum absolute atomic E-state index is 0.431. The summed E-state index contributed by atoms with van der Waals surface area (Å²) in [4.78, 5) is 0. The van der Waals surface area contributed by atoms with Crippen molar-refractivity contribution in [3.8, 4) is 22.6 Å². The maximum atomic E-state index is 6.14. The van der Waals surface area contributed by atoms with Crippen molar-refractivity contribution in [2.45, 2.75) is 6.54 Å². The normalized spacial score (nSPS) is 10.3. The number of rotatable bonds is 4. The van der Waals surface area contributed by atoms with Crippen molar-refractivity contribution in [1.29, 1.82) is 0 Å². The molecule has 0 aromatic heterocycles. The molecule has 4 heteroatoms. The van der Waals surface area contributed by atoms with Crippen molar-refractivity contribution in [1.82, 2.24) is 0 Å². The van der Waals surface area contributed by atoms with Crippen LogP contribution < -0.4 is 15.2 Å². The van der Waals surface area contributed by atoms with E-state index < -0.39 is 0 Å². The van der Waals surface area contributed by atoms with E-state index in [1.54, 1.807) is 14.2 Å². The van der Waals surface area contributed by atoms with Crippen molar-refractivity contribution >= 4 is 11.6 Å². The minimum atomic E-state index is 0.431. The molecule has 0 aliphatic rings. The number of methoxy groups -OCH3 is 2. The third kappa shape index (κ3) is 2.83. The Balaban J connectivity index is 2.44. The molecule has 0 aliphatic carbocycles. The van der Waals surface area contributed by atoms with Crippen molar-refractivity contribution < 1.29 is 9.47 Å². The summed E-state index contributed by atoms with van der Waals surface area (Å²) >= 11 is 6.14. The highest BCUT2D eigenvalue weighted by Crippen LogP contribution is 2.32. The third-order valence-corrected chi connectivity index (χ3v) is 3.28. The summed E-state index contributed by atoms with van der Waals surface area (Å²) in [7, 11) is 3.24. The van der Waals surface area contributed by atoms with Gasteiger partial charge in [-0.25, -0.2) is 0 Å². The van der Waals surface area contributed by atoms with Crippen LogP contribution in [0.3, 0.4) is 0 Å². The van der Waals surface area contributed by atoms with Crippen molar-refractivity contribution in [3.63, 3.8) is 0 Å². The van der Waals surface area contributed by atoms with Crippen molar-refractivity contribution in [2.75, 3.05) is 14.2 Å². The second-order valence-corrected chi connectivity index (χ2v) is 4.49. The van der Waals surface area contributed by atoms with Crippen LogP contribution in [0.1, 0.15) is 5.56 Å². The van der Waals surface area contributed by atoms with Gasteiger partial charge in [0.2, 0.25) is 0 Å². The van der Waals surface area contributed by atoms with E-state index in [0.717, 1.165) is 22.4 Å². The number of ether oxygens (including phenoxy) is 2. The van der Waals surface area contributed by atoms with Gasteiger partial charge in [0, 0.05) is 12.1 Å². The summed E-state index contributed by atoms with van der Waals surface area (Å²) < 4.78 is 10.4. The predicted molar refractivity (Wildman–Crippen MR) is 77.9 cm³/mol. The van der Waals surface area contributed by atoms with E-state index in [1.807, 2.05) is 36.4 Å². The molecule has 0 aliphatic heterocycles. The Morgan fingerprint density at radius 1 is 0.947 bits per heavy atom. The summed E-state index contributed by atoms with van der Waals surface area (Å²) in [5, 5.41) is 0.588. The van der Waals surface area contributed by atoms with E-state index in [0.29, 0.717) is 17.3 Å². The lowest BCUT2D eigenvalue weighted by Crippen LogP contribution is -2.00. The van der Waals surface area contributed by atoms with Crippen LogP contribution in [0.2, 0.25) is 5.02 Å². The Kier molecular flexibility index (Phi) is 4.30. The molecular weight excluding hydrogens is 262 g/mol. The lowest BCUT2D eigenvalue weighted by molar-refractivity contribution is 0.410. The zero-order valence-electron chi connectivity index (χ0n) is 10.9. The molecule has 0 spiro atoms. The number of halogens is 1. The lowest BCUT2D eigenvalue weighted by atomic mass is 10.0. The molecule has 0 amide bonds. The quantitative estimate of drug-likeness (QED) is 0.930. The molecule has 3 nitrogen and oxygen atoms in total. The molecule has 0 radical (unpaired) electrons. The Hall–Kier alpha value is -1.71. The van der Waals surface area contributed by atoms with E-state index in [9.17, 15) is 0 Å². The number of nitrogens with two attached hydrogens (primary N) is 1. The predicted octanol–water partition coefficient (Wildman–Crippen LogP) is 3.48. The fourth-order valence-electron chi connectivity index (χ4n) is 1.96. The van der Waals surface area contributed by atoms with Crippen LogP contribution in [0.5, 0.6) is 11.5 Å². The molecule has 19 heavy (non-hydrogen) atoms. The van der Waals surface area contributed by atoms with Gasteiger partial charge in [-0.2, -0.15) is 0 Å². The van der Waals surface area contributed by atoms with E-state index in [-0.39, 0.29) is 0 Å². The fraction of sp³-hybridized carbons (Fsp3) is 0.200. The van der Waals surface area contributed by atoms with E-state index in [1.165, 1.54) is 0 Å². The molecule has 2 rings (SSSR count). The second kappa shape index (κ2) is 5.95. The summed E-state index contributed by atoms with van der Waals surface area (Å²) in [6.45, 7) is 0.431. The Morgan fingerprint density at radius 2 is 1.53 bits per heavy atom. The fourth-order valence-corrected chi connectivity index (χ4v) is 2.22. The van der Waals surface area contributed by atoms with Crippen LogP contribution in [-0.2, 0) is 6.54 Å². The lowest BCUT2D eigenvalue weighted by Gasteiger charge is -2.10. The molecule has 0 bridgehead atoms. The molecule has 2 aromatic rings. The van der Waals surface area contributed by atoms with E-state index in [4.69, 9.17) is 26.8 Å². The highest BCUT2D eigenvalue weighted by atomic mass is 35.5. The van der Waals surface area contributed by atoms with Gasteiger partial charge in [0.15, 0.2) is 0 Å². The topological polar surface area (TPSA) is 44.5 Å². The molecule has 0 atom stereocenters. The van der Waals surface area contributed by atoms with Gasteiger partial charge in [-0.15, -0.1) is 0 Å². The molecule has 2 aromatic carbocycles. The first-order valence-corrected chi connectivity index (χ1v) is 6.28. The zero-order valence-corrected chi connectivity index (χ0v) is 11.7. The van der Waals surface area contributed by atoms with Gasteiger partial charge in [-0.3, -0.25) is 0 Å². The standard InChI is InChI=1S/C15H16ClNO2/c1-18-14-5-3-10(7-12(14)9-17)11-4-6-15(19-2)13(16)8-11/h3-8H,9,17H2,1-2H3.